The lowest BCUT2D eigenvalue weighted by molar-refractivity contribution is -0.0372. The van der Waals surface area contributed by atoms with Gasteiger partial charge in [-0.2, -0.15) is 0 Å². The monoisotopic (exact) mass is 397 g/mol. The van der Waals surface area contributed by atoms with Gasteiger partial charge in [0.15, 0.2) is 0 Å². The number of nitrogens with zero attached hydrogens (tertiary/aromatic N) is 4. The molecule has 154 valence electrons. The van der Waals surface area contributed by atoms with Crippen LogP contribution in [0, 0.1) is 13.8 Å². The molecule has 0 aliphatic carbocycles. The van der Waals surface area contributed by atoms with Crippen LogP contribution in [0.15, 0.2) is 17.2 Å². The van der Waals surface area contributed by atoms with Gasteiger partial charge in [0.1, 0.15) is 35.0 Å². The molecule has 1 atom stereocenters. The van der Waals surface area contributed by atoms with Crippen LogP contribution in [0.3, 0.4) is 0 Å². The molecule has 4 N–H and O–H groups in total. The van der Waals surface area contributed by atoms with Crippen LogP contribution in [-0.2, 0) is 5.66 Å². The largest absolute Gasteiger partial charge is 0.383 e. The molecular weight excluding hydrogens is 370 g/mol. The molecule has 1 fully saturated rings. The van der Waals surface area contributed by atoms with Crippen LogP contribution in [0.2, 0.25) is 0 Å². The van der Waals surface area contributed by atoms with Gasteiger partial charge in [0.25, 0.3) is 11.5 Å². The van der Waals surface area contributed by atoms with Gasteiger partial charge in [0.05, 0.1) is 5.54 Å². The number of fused-ring (bicyclic) bond motifs is 2. The summed E-state index contributed by atoms with van der Waals surface area (Å²) in [6.07, 6.45) is 2.92. The highest BCUT2D eigenvalue weighted by atomic mass is 16.2. The summed E-state index contributed by atoms with van der Waals surface area (Å²) < 4.78 is 1.66. The summed E-state index contributed by atoms with van der Waals surface area (Å²) in [5, 5.41) is 6.27. The molecule has 9 nitrogen and oxygen atoms in total. The maximum absolute atomic E-state index is 13.6. The first-order valence-corrected chi connectivity index (χ1v) is 9.75. The van der Waals surface area contributed by atoms with Crippen LogP contribution >= 0.6 is 0 Å². The van der Waals surface area contributed by atoms with E-state index in [0.29, 0.717) is 35.0 Å². The first-order valence-electron chi connectivity index (χ1n) is 9.75. The minimum Gasteiger partial charge on any atom is -0.383 e. The molecule has 1 amide bonds. The van der Waals surface area contributed by atoms with Crippen LogP contribution in [0.5, 0.6) is 0 Å². The highest BCUT2D eigenvalue weighted by Gasteiger charge is 2.57. The number of nitrogens with two attached hydrogens (primary N) is 1. The van der Waals surface area contributed by atoms with Gasteiger partial charge in [-0.1, -0.05) is 0 Å². The normalized spacial score (nSPS) is 23.1. The number of aromatic nitrogens is 3. The number of carbonyl (C=O) groups is 1. The number of nitrogens with one attached hydrogen (secondary N) is 2. The van der Waals surface area contributed by atoms with Crippen LogP contribution in [0.25, 0.3) is 0 Å². The minimum atomic E-state index is -0.814. The number of rotatable bonds is 2. The highest BCUT2D eigenvalue weighted by Crippen LogP contribution is 2.43. The quantitative estimate of drug-likeness (QED) is 0.702. The Hall–Kier alpha value is -2.94. The third-order valence-electron chi connectivity index (χ3n) is 6.68. The van der Waals surface area contributed by atoms with E-state index in [2.05, 4.69) is 39.3 Å². The van der Waals surface area contributed by atoms with Gasteiger partial charge < -0.3 is 16.4 Å². The molecule has 2 aliphatic heterocycles. The predicted octanol–water partition coefficient (Wildman–Crippen LogP) is 1.48. The molecule has 0 saturated carbocycles. The van der Waals surface area contributed by atoms with Crippen molar-refractivity contribution in [2.45, 2.75) is 51.7 Å². The van der Waals surface area contributed by atoms with E-state index >= 15 is 0 Å². The number of likely N-dealkylation sites (tertiary alicyclic amines) is 1. The fraction of sp³-hybridized carbons (Fsp3) is 0.500. The van der Waals surface area contributed by atoms with Crippen molar-refractivity contribution in [1.82, 2.24) is 24.8 Å². The van der Waals surface area contributed by atoms with Crippen LogP contribution in [0.1, 0.15) is 48.3 Å². The number of amides is 1. The lowest BCUT2D eigenvalue weighted by atomic mass is 9.79. The Morgan fingerprint density at radius 2 is 1.97 bits per heavy atom. The van der Waals surface area contributed by atoms with E-state index in [1.54, 1.807) is 17.6 Å². The molecule has 29 heavy (non-hydrogen) atoms. The number of piperidine rings is 1. The Kier molecular flexibility index (Phi) is 4.20. The molecule has 2 aliphatic rings. The molecule has 9 heteroatoms. The first-order chi connectivity index (χ1) is 13.6. The summed E-state index contributed by atoms with van der Waals surface area (Å²) in [4.78, 5) is 37.0. The topological polar surface area (TPSA) is 118 Å². The second-order valence-electron chi connectivity index (χ2n) is 8.49. The number of nitrogen functional groups attached to an aromatic ring is 1. The summed E-state index contributed by atoms with van der Waals surface area (Å²) in [5.74, 6) is 0.613. The molecule has 2 aromatic rings. The number of pyridine rings is 1. The average molecular weight is 397 g/mol. The number of hydrogen-bond donors (Lipinski definition) is 3. The average Bonchev–Trinajstić information content (AvgIpc) is 2.96. The summed E-state index contributed by atoms with van der Waals surface area (Å²) in [6.45, 7) is 8.68. The highest BCUT2D eigenvalue weighted by molar-refractivity contribution is 5.97. The van der Waals surface area contributed by atoms with Crippen molar-refractivity contribution in [3.05, 3.63) is 39.6 Å². The van der Waals surface area contributed by atoms with Crippen molar-refractivity contribution in [3.8, 4) is 0 Å². The number of likely N-dealkylation sites (N-methyl/N-ethyl adjacent to an activating group) is 1. The second kappa shape index (κ2) is 6.28. The van der Waals surface area contributed by atoms with Crippen LogP contribution < -0.4 is 21.9 Å². The van der Waals surface area contributed by atoms with Crippen molar-refractivity contribution >= 4 is 23.2 Å². The maximum Gasteiger partial charge on any atom is 0.276 e. The summed E-state index contributed by atoms with van der Waals surface area (Å²) in [7, 11) is 2.03. The van der Waals surface area contributed by atoms with E-state index < -0.39 is 11.2 Å². The molecule has 1 saturated heterocycles. The first kappa shape index (κ1) is 19.4. The summed E-state index contributed by atoms with van der Waals surface area (Å²) in [5.41, 5.74) is 6.52. The number of carbonyl (C=O) groups excluding carboxylic acids is 1. The van der Waals surface area contributed by atoms with Gasteiger partial charge in [-0.25, -0.2) is 9.97 Å². The van der Waals surface area contributed by atoms with E-state index in [-0.39, 0.29) is 11.5 Å². The van der Waals surface area contributed by atoms with E-state index in [0.717, 1.165) is 18.5 Å². The third-order valence-corrected chi connectivity index (χ3v) is 6.68. The Morgan fingerprint density at radius 3 is 2.69 bits per heavy atom. The zero-order valence-corrected chi connectivity index (χ0v) is 17.5. The van der Waals surface area contributed by atoms with E-state index in [9.17, 15) is 9.59 Å². The Bertz CT molecular complexity index is 1080. The molecule has 2 aromatic heterocycles. The number of hydrogen-bond acceptors (Lipinski definition) is 7. The van der Waals surface area contributed by atoms with Gasteiger partial charge >= 0.3 is 0 Å². The molecule has 0 aromatic carbocycles. The number of aryl methyl sites for hydroxylation is 1. The van der Waals surface area contributed by atoms with Crippen molar-refractivity contribution in [2.24, 2.45) is 0 Å². The van der Waals surface area contributed by atoms with Crippen molar-refractivity contribution in [3.63, 3.8) is 0 Å². The fourth-order valence-corrected chi connectivity index (χ4v) is 4.57. The zero-order valence-electron chi connectivity index (χ0n) is 17.5. The van der Waals surface area contributed by atoms with Crippen molar-refractivity contribution in [1.29, 1.82) is 0 Å². The Balaban J connectivity index is 1.92. The Morgan fingerprint density at radius 1 is 1.24 bits per heavy atom. The Labute approximate surface area is 169 Å². The standard InChI is InChI=1S/C20H27N7O2/c1-11-9-13(24-16-12(2)15(21)22-10-23-16)18(29)27-14(11)17(28)25-20(27)7-6-8-26(5)19(20,3)4/h9-10H,6-8H2,1-5H3,(H,25,28)(H3,21,22,23,24). The molecule has 0 bridgehead atoms. The molecule has 4 rings (SSSR count). The summed E-state index contributed by atoms with van der Waals surface area (Å²) >= 11 is 0. The van der Waals surface area contributed by atoms with Crippen molar-refractivity contribution in [2.75, 3.05) is 24.6 Å². The lowest BCUT2D eigenvalue weighted by Crippen LogP contribution is -2.69. The molecule has 1 spiro atoms. The van der Waals surface area contributed by atoms with Crippen LogP contribution in [0.4, 0.5) is 17.3 Å². The maximum atomic E-state index is 13.6. The number of anilines is 3. The van der Waals surface area contributed by atoms with Crippen molar-refractivity contribution < 1.29 is 4.79 Å². The second-order valence-corrected chi connectivity index (χ2v) is 8.49. The van der Waals surface area contributed by atoms with Gasteiger partial charge in [0, 0.05) is 5.56 Å². The lowest BCUT2D eigenvalue weighted by Gasteiger charge is -2.53. The van der Waals surface area contributed by atoms with Gasteiger partial charge in [-0.3, -0.25) is 19.1 Å². The van der Waals surface area contributed by atoms with Gasteiger partial charge in [-0.05, 0) is 65.8 Å². The zero-order chi connectivity index (χ0) is 21.1. The van der Waals surface area contributed by atoms with Gasteiger partial charge in [-0.15, -0.1) is 0 Å². The van der Waals surface area contributed by atoms with Gasteiger partial charge in [0.2, 0.25) is 0 Å². The predicted molar refractivity (Wildman–Crippen MR) is 111 cm³/mol. The third kappa shape index (κ3) is 2.57. The SMILES string of the molecule is Cc1cc(Nc2ncnc(N)c2C)c(=O)n2c1C(=O)NC21CCCN(C)C1(C)C. The molecule has 1 unspecified atom stereocenters. The summed E-state index contributed by atoms with van der Waals surface area (Å²) in [6, 6.07) is 1.70. The van der Waals surface area contributed by atoms with E-state index in [1.807, 2.05) is 14.0 Å². The van der Waals surface area contributed by atoms with E-state index in [1.165, 1.54) is 6.33 Å². The van der Waals surface area contributed by atoms with E-state index in [4.69, 9.17) is 5.73 Å². The molecular formula is C20H27N7O2. The molecule has 4 heterocycles. The fourth-order valence-electron chi connectivity index (χ4n) is 4.57. The molecule has 0 radical (unpaired) electrons. The smallest absolute Gasteiger partial charge is 0.276 e. The van der Waals surface area contributed by atoms with Crippen LogP contribution in [-0.4, -0.2) is 44.5 Å². The minimum absolute atomic E-state index is 0.211.